The Bertz CT molecular complexity index is 147. The van der Waals surface area contributed by atoms with Gasteiger partial charge in [0, 0.05) is 5.54 Å². The topological polar surface area (TPSA) is 55.5 Å². The van der Waals surface area contributed by atoms with Crippen LogP contribution >= 0.6 is 0 Å². The highest BCUT2D eigenvalue weighted by Crippen LogP contribution is 2.26. The molecule has 1 heterocycles. The maximum absolute atomic E-state index is 9.57. The fraction of sp³-hybridized carbons (Fsp3) is 1.00. The van der Waals surface area contributed by atoms with Crippen LogP contribution in [0, 0.1) is 0 Å². The summed E-state index contributed by atoms with van der Waals surface area (Å²) < 4.78 is 5.40. The predicted molar refractivity (Wildman–Crippen MR) is 43.2 cm³/mol. The minimum Gasteiger partial charge on any atom is -0.389 e. The molecule has 1 aliphatic heterocycles. The molecule has 4 atom stereocenters. The second-order valence-electron chi connectivity index (χ2n) is 3.81. The first-order chi connectivity index (χ1) is 4.93. The van der Waals surface area contributed by atoms with Gasteiger partial charge in [0.05, 0.1) is 18.3 Å². The van der Waals surface area contributed by atoms with Crippen LogP contribution in [0.15, 0.2) is 0 Å². The lowest BCUT2D eigenvalue weighted by Crippen LogP contribution is -2.59. The van der Waals surface area contributed by atoms with Crippen molar-refractivity contribution in [2.75, 3.05) is 0 Å². The van der Waals surface area contributed by atoms with E-state index < -0.39 is 11.6 Å². The summed E-state index contributed by atoms with van der Waals surface area (Å²) in [5, 5.41) is 9.57. The van der Waals surface area contributed by atoms with Gasteiger partial charge >= 0.3 is 0 Å². The molecule has 1 rings (SSSR count). The van der Waals surface area contributed by atoms with E-state index in [9.17, 15) is 5.11 Å². The molecule has 3 N–H and O–H groups in total. The molecule has 66 valence electrons. The molecule has 11 heavy (non-hydrogen) atoms. The molecule has 0 spiro atoms. The highest BCUT2D eigenvalue weighted by Gasteiger charge is 2.39. The van der Waals surface area contributed by atoms with Crippen LogP contribution in [0.2, 0.25) is 0 Å². The second-order valence-corrected chi connectivity index (χ2v) is 3.81. The van der Waals surface area contributed by atoms with Gasteiger partial charge in [-0.25, -0.2) is 0 Å². The molecule has 1 aliphatic rings. The average molecular weight is 159 g/mol. The van der Waals surface area contributed by atoms with Gasteiger partial charge in [-0.3, -0.25) is 0 Å². The molecule has 3 heteroatoms. The molecule has 0 aromatic carbocycles. The van der Waals surface area contributed by atoms with Gasteiger partial charge < -0.3 is 15.6 Å². The largest absolute Gasteiger partial charge is 0.389 e. The summed E-state index contributed by atoms with van der Waals surface area (Å²) in [6.07, 6.45) is 0.189. The second kappa shape index (κ2) is 2.73. The summed E-state index contributed by atoms with van der Waals surface area (Å²) in [5.41, 5.74) is 5.38. The number of ether oxygens (including phenoxy) is 1. The number of nitrogens with two attached hydrogens (primary N) is 1. The van der Waals surface area contributed by atoms with Crippen LogP contribution in [0.25, 0.3) is 0 Å². The third-order valence-corrected chi connectivity index (χ3v) is 2.29. The molecule has 0 amide bonds. The van der Waals surface area contributed by atoms with Gasteiger partial charge in [-0.05, 0) is 27.2 Å². The Labute approximate surface area is 67.5 Å². The maximum atomic E-state index is 9.57. The van der Waals surface area contributed by atoms with Crippen LogP contribution in [-0.4, -0.2) is 29.0 Å². The lowest BCUT2D eigenvalue weighted by atomic mass is 9.84. The Morgan fingerprint density at radius 1 is 1.55 bits per heavy atom. The van der Waals surface area contributed by atoms with Crippen molar-refractivity contribution in [2.24, 2.45) is 5.73 Å². The van der Waals surface area contributed by atoms with Gasteiger partial charge in [0.25, 0.3) is 0 Å². The zero-order chi connectivity index (χ0) is 8.65. The lowest BCUT2D eigenvalue weighted by Gasteiger charge is -2.42. The Morgan fingerprint density at radius 3 is 2.55 bits per heavy atom. The first-order valence-corrected chi connectivity index (χ1v) is 4.06. The number of aliphatic hydroxyl groups is 1. The minimum atomic E-state index is -0.543. The number of hydrogen-bond acceptors (Lipinski definition) is 3. The molecule has 0 radical (unpaired) electrons. The van der Waals surface area contributed by atoms with E-state index in [1.807, 2.05) is 20.8 Å². The van der Waals surface area contributed by atoms with Crippen molar-refractivity contribution in [1.29, 1.82) is 0 Å². The van der Waals surface area contributed by atoms with Crippen molar-refractivity contribution in [3.05, 3.63) is 0 Å². The Kier molecular flexibility index (Phi) is 2.23. The third kappa shape index (κ3) is 1.72. The monoisotopic (exact) mass is 159 g/mol. The van der Waals surface area contributed by atoms with Crippen molar-refractivity contribution in [3.8, 4) is 0 Å². The Balaban J connectivity index is 2.67. The van der Waals surface area contributed by atoms with E-state index in [1.165, 1.54) is 0 Å². The molecule has 1 fully saturated rings. The van der Waals surface area contributed by atoms with Crippen LogP contribution in [0.4, 0.5) is 0 Å². The summed E-state index contributed by atoms with van der Waals surface area (Å²) in [6.45, 7) is 5.70. The normalized spacial score (nSPS) is 52.6. The number of aliphatic hydroxyl groups excluding tert-OH is 1. The van der Waals surface area contributed by atoms with E-state index in [0.717, 1.165) is 6.42 Å². The molecule has 1 saturated heterocycles. The van der Waals surface area contributed by atoms with Crippen LogP contribution in [0.1, 0.15) is 27.2 Å². The summed E-state index contributed by atoms with van der Waals surface area (Å²) in [6, 6.07) is 0. The van der Waals surface area contributed by atoms with Crippen molar-refractivity contribution in [2.45, 2.75) is 51.0 Å². The van der Waals surface area contributed by atoms with E-state index in [2.05, 4.69) is 0 Å². The van der Waals surface area contributed by atoms with Gasteiger partial charge in [0.1, 0.15) is 0 Å². The van der Waals surface area contributed by atoms with Crippen molar-refractivity contribution < 1.29 is 9.84 Å². The summed E-state index contributed by atoms with van der Waals surface area (Å²) in [4.78, 5) is 0. The molecule has 3 nitrogen and oxygen atoms in total. The maximum Gasteiger partial charge on any atom is 0.0976 e. The van der Waals surface area contributed by atoms with E-state index in [1.54, 1.807) is 0 Å². The van der Waals surface area contributed by atoms with E-state index in [4.69, 9.17) is 10.5 Å². The standard InChI is InChI=1S/C8H17NO2/c1-5-4-8(3,9)7(10)6(2)11-5/h5-7,10H,4,9H2,1-3H3/t5?,6?,7-,8-/m0/s1. The first-order valence-electron chi connectivity index (χ1n) is 4.06. The van der Waals surface area contributed by atoms with Crippen LogP contribution in [0.5, 0.6) is 0 Å². The molecule has 0 saturated carbocycles. The first kappa shape index (κ1) is 8.97. The van der Waals surface area contributed by atoms with Crippen LogP contribution < -0.4 is 5.73 Å². The highest BCUT2D eigenvalue weighted by molar-refractivity contribution is 4.95. The van der Waals surface area contributed by atoms with E-state index >= 15 is 0 Å². The SMILES string of the molecule is CC1C[C@](C)(N)[C@@H](O)C(C)O1. The molecule has 0 aliphatic carbocycles. The van der Waals surface area contributed by atoms with Crippen molar-refractivity contribution in [1.82, 2.24) is 0 Å². The quantitative estimate of drug-likeness (QED) is 0.533. The van der Waals surface area contributed by atoms with Crippen LogP contribution in [0.3, 0.4) is 0 Å². The zero-order valence-corrected chi connectivity index (χ0v) is 7.37. The van der Waals surface area contributed by atoms with Gasteiger partial charge in [0.2, 0.25) is 0 Å². The smallest absolute Gasteiger partial charge is 0.0976 e. The zero-order valence-electron chi connectivity index (χ0n) is 7.37. The number of hydrogen-bond donors (Lipinski definition) is 2. The molecular formula is C8H17NO2. The molecule has 0 bridgehead atoms. The Hall–Kier alpha value is -0.120. The van der Waals surface area contributed by atoms with Gasteiger partial charge in [0.15, 0.2) is 0 Å². The van der Waals surface area contributed by atoms with Crippen molar-refractivity contribution in [3.63, 3.8) is 0 Å². The van der Waals surface area contributed by atoms with E-state index in [0.29, 0.717) is 0 Å². The fourth-order valence-corrected chi connectivity index (χ4v) is 1.77. The van der Waals surface area contributed by atoms with Crippen LogP contribution in [-0.2, 0) is 4.74 Å². The van der Waals surface area contributed by atoms with E-state index in [-0.39, 0.29) is 12.2 Å². The van der Waals surface area contributed by atoms with Crippen molar-refractivity contribution >= 4 is 0 Å². The third-order valence-electron chi connectivity index (χ3n) is 2.29. The fourth-order valence-electron chi connectivity index (χ4n) is 1.77. The minimum absolute atomic E-state index is 0.145. The molecular weight excluding hydrogens is 142 g/mol. The van der Waals surface area contributed by atoms with Gasteiger partial charge in [-0.2, -0.15) is 0 Å². The highest BCUT2D eigenvalue weighted by atomic mass is 16.5. The Morgan fingerprint density at radius 2 is 2.09 bits per heavy atom. The summed E-state index contributed by atoms with van der Waals surface area (Å²) >= 11 is 0. The van der Waals surface area contributed by atoms with Gasteiger partial charge in [-0.1, -0.05) is 0 Å². The lowest BCUT2D eigenvalue weighted by molar-refractivity contribution is -0.135. The van der Waals surface area contributed by atoms with Gasteiger partial charge in [-0.15, -0.1) is 0 Å². The molecule has 0 aromatic rings. The predicted octanol–water partition coefficient (Wildman–Crippen LogP) is 0.262. The summed E-state index contributed by atoms with van der Waals surface area (Å²) in [7, 11) is 0. The summed E-state index contributed by atoms with van der Waals surface area (Å²) in [5.74, 6) is 0. The molecule has 2 unspecified atom stereocenters. The molecule has 0 aromatic heterocycles. The average Bonchev–Trinajstić information content (AvgIpc) is 1.81. The number of rotatable bonds is 0.